The van der Waals surface area contributed by atoms with Crippen LogP contribution in [-0.2, 0) is 13.1 Å². The molecule has 1 aliphatic heterocycles. The normalized spacial score (nSPS) is 14.9. The average molecular weight is 449 g/mol. The monoisotopic (exact) mass is 448 g/mol. The predicted molar refractivity (Wildman–Crippen MR) is 137 cm³/mol. The fourth-order valence-corrected chi connectivity index (χ4v) is 4.56. The first kappa shape index (κ1) is 23.3. The highest BCUT2D eigenvalue weighted by atomic mass is 16.5. The highest BCUT2D eigenvalue weighted by Gasteiger charge is 2.21. The molecule has 0 saturated carbocycles. The topological polar surface area (TPSA) is 41.0 Å². The van der Waals surface area contributed by atoms with Crippen LogP contribution in [0, 0.1) is 6.92 Å². The SMILES string of the molecule is CCOc1ccccc1N1CCN(Cc2cc3ccc(C)cc3n(CCN(C)C)c2=O)CC1. The van der Waals surface area contributed by atoms with Crippen LogP contribution in [-0.4, -0.2) is 67.8 Å². The van der Waals surface area contributed by atoms with E-state index in [9.17, 15) is 4.79 Å². The molecule has 1 saturated heterocycles. The summed E-state index contributed by atoms with van der Waals surface area (Å²) in [7, 11) is 4.09. The molecule has 0 N–H and O–H groups in total. The number of anilines is 1. The maximum absolute atomic E-state index is 13.5. The van der Waals surface area contributed by atoms with Crippen molar-refractivity contribution < 1.29 is 4.74 Å². The third kappa shape index (κ3) is 5.40. The zero-order valence-electron chi connectivity index (χ0n) is 20.4. The number of pyridine rings is 1. The van der Waals surface area contributed by atoms with Gasteiger partial charge in [0.05, 0.1) is 17.8 Å². The largest absolute Gasteiger partial charge is 0.492 e. The lowest BCUT2D eigenvalue weighted by Gasteiger charge is -2.36. The molecule has 6 heteroatoms. The lowest BCUT2D eigenvalue weighted by molar-refractivity contribution is 0.247. The molecular weight excluding hydrogens is 412 g/mol. The minimum atomic E-state index is 0.138. The van der Waals surface area contributed by atoms with E-state index in [1.807, 2.05) is 37.7 Å². The Kier molecular flexibility index (Phi) is 7.36. The molecule has 0 radical (unpaired) electrons. The molecule has 2 aromatic carbocycles. The van der Waals surface area contributed by atoms with Gasteiger partial charge in [0, 0.05) is 51.4 Å². The summed E-state index contributed by atoms with van der Waals surface area (Å²) >= 11 is 0. The van der Waals surface area contributed by atoms with Gasteiger partial charge in [0.25, 0.3) is 5.56 Å². The van der Waals surface area contributed by atoms with Crippen molar-refractivity contribution in [2.24, 2.45) is 0 Å². The summed E-state index contributed by atoms with van der Waals surface area (Å²) in [5.74, 6) is 0.946. The van der Waals surface area contributed by atoms with Crippen molar-refractivity contribution >= 4 is 16.6 Å². The number of benzene rings is 2. The first-order chi connectivity index (χ1) is 16.0. The number of aromatic nitrogens is 1. The van der Waals surface area contributed by atoms with Crippen molar-refractivity contribution in [3.8, 4) is 5.75 Å². The number of likely N-dealkylation sites (N-methyl/N-ethyl adjacent to an activating group) is 1. The minimum absolute atomic E-state index is 0.138. The van der Waals surface area contributed by atoms with Crippen LogP contribution in [0.15, 0.2) is 53.3 Å². The number of hydrogen-bond donors (Lipinski definition) is 0. The van der Waals surface area contributed by atoms with Crippen LogP contribution >= 0.6 is 0 Å². The van der Waals surface area contributed by atoms with Gasteiger partial charge in [0.15, 0.2) is 0 Å². The predicted octanol–water partition coefficient (Wildman–Crippen LogP) is 3.59. The summed E-state index contributed by atoms with van der Waals surface area (Å²) in [6.07, 6.45) is 0. The molecule has 0 unspecified atom stereocenters. The van der Waals surface area contributed by atoms with Gasteiger partial charge in [-0.2, -0.15) is 0 Å². The molecule has 0 aliphatic carbocycles. The number of fused-ring (bicyclic) bond motifs is 1. The second-order valence-electron chi connectivity index (χ2n) is 9.16. The summed E-state index contributed by atoms with van der Waals surface area (Å²) in [5.41, 5.74) is 4.39. The van der Waals surface area contributed by atoms with Crippen molar-refractivity contribution in [1.29, 1.82) is 0 Å². The van der Waals surface area contributed by atoms with Crippen LogP contribution in [0.4, 0.5) is 5.69 Å². The van der Waals surface area contributed by atoms with E-state index in [-0.39, 0.29) is 5.56 Å². The quantitative estimate of drug-likeness (QED) is 0.527. The van der Waals surface area contributed by atoms with E-state index in [2.05, 4.69) is 58.0 Å². The summed E-state index contributed by atoms with van der Waals surface area (Å²) in [5, 5.41) is 1.14. The van der Waals surface area contributed by atoms with Gasteiger partial charge < -0.3 is 19.1 Å². The van der Waals surface area contributed by atoms with E-state index >= 15 is 0 Å². The molecule has 1 aromatic heterocycles. The fraction of sp³-hybridized carbons (Fsp3) is 0.444. The maximum atomic E-state index is 13.5. The highest BCUT2D eigenvalue weighted by molar-refractivity contribution is 5.80. The number of nitrogens with zero attached hydrogens (tertiary/aromatic N) is 4. The second kappa shape index (κ2) is 10.4. The van der Waals surface area contributed by atoms with Gasteiger partial charge >= 0.3 is 0 Å². The molecule has 0 atom stereocenters. The molecule has 4 rings (SSSR count). The van der Waals surface area contributed by atoms with Crippen LogP contribution < -0.4 is 15.2 Å². The molecule has 1 aliphatic rings. The number of rotatable bonds is 8. The molecular formula is C27H36N4O2. The van der Waals surface area contributed by atoms with E-state index in [0.717, 1.165) is 60.6 Å². The zero-order valence-corrected chi connectivity index (χ0v) is 20.4. The Morgan fingerprint density at radius 2 is 1.76 bits per heavy atom. The van der Waals surface area contributed by atoms with Crippen LogP contribution in [0.2, 0.25) is 0 Å². The molecule has 33 heavy (non-hydrogen) atoms. The number of aryl methyl sites for hydroxylation is 1. The average Bonchev–Trinajstić information content (AvgIpc) is 2.80. The van der Waals surface area contributed by atoms with E-state index < -0.39 is 0 Å². The maximum Gasteiger partial charge on any atom is 0.255 e. The standard InChI is InChI=1S/C27H36N4O2/c1-5-33-26-9-7-6-8-24(26)30-15-13-29(14-16-30)20-23-19-22-11-10-21(2)18-25(22)31(27(23)32)17-12-28(3)4/h6-11,18-19H,5,12-17,20H2,1-4H3. The van der Waals surface area contributed by atoms with E-state index in [1.54, 1.807) is 0 Å². The number of piperazine rings is 1. The van der Waals surface area contributed by atoms with Crippen molar-refractivity contribution in [2.45, 2.75) is 26.9 Å². The second-order valence-corrected chi connectivity index (χ2v) is 9.16. The third-order valence-electron chi connectivity index (χ3n) is 6.37. The summed E-state index contributed by atoms with van der Waals surface area (Å²) in [6.45, 7) is 10.7. The molecule has 3 aromatic rings. The third-order valence-corrected chi connectivity index (χ3v) is 6.37. The van der Waals surface area contributed by atoms with E-state index in [1.165, 1.54) is 5.56 Å². The Balaban J connectivity index is 1.52. The number of hydrogen-bond acceptors (Lipinski definition) is 5. The van der Waals surface area contributed by atoms with Gasteiger partial charge in [-0.05, 0) is 63.2 Å². The Labute approximate surface area is 197 Å². The first-order valence-corrected chi connectivity index (χ1v) is 11.9. The molecule has 1 fully saturated rings. The van der Waals surface area contributed by atoms with Crippen LogP contribution in [0.3, 0.4) is 0 Å². The van der Waals surface area contributed by atoms with E-state index in [0.29, 0.717) is 19.7 Å². The molecule has 2 heterocycles. The van der Waals surface area contributed by atoms with Crippen molar-refractivity contribution in [3.05, 3.63) is 70.0 Å². The minimum Gasteiger partial charge on any atom is -0.492 e. The molecule has 0 spiro atoms. The Hall–Kier alpha value is -2.83. The Morgan fingerprint density at radius 3 is 2.48 bits per heavy atom. The Morgan fingerprint density at radius 1 is 1.00 bits per heavy atom. The smallest absolute Gasteiger partial charge is 0.255 e. The number of para-hydroxylation sites is 2. The fourth-order valence-electron chi connectivity index (χ4n) is 4.56. The molecule has 176 valence electrons. The van der Waals surface area contributed by atoms with Crippen LogP contribution in [0.1, 0.15) is 18.1 Å². The lowest BCUT2D eigenvalue weighted by atomic mass is 10.1. The summed E-state index contributed by atoms with van der Waals surface area (Å²) < 4.78 is 7.79. The van der Waals surface area contributed by atoms with Gasteiger partial charge in [-0.15, -0.1) is 0 Å². The van der Waals surface area contributed by atoms with Gasteiger partial charge in [-0.3, -0.25) is 9.69 Å². The zero-order chi connectivity index (χ0) is 23.4. The van der Waals surface area contributed by atoms with Gasteiger partial charge in [-0.1, -0.05) is 24.3 Å². The van der Waals surface area contributed by atoms with Crippen LogP contribution in [0.5, 0.6) is 5.75 Å². The summed E-state index contributed by atoms with van der Waals surface area (Å²) in [6, 6.07) is 16.8. The van der Waals surface area contributed by atoms with Gasteiger partial charge in [0.2, 0.25) is 0 Å². The van der Waals surface area contributed by atoms with Crippen molar-refractivity contribution in [2.75, 3.05) is 58.3 Å². The highest BCUT2D eigenvalue weighted by Crippen LogP contribution is 2.29. The van der Waals surface area contributed by atoms with Crippen LogP contribution in [0.25, 0.3) is 10.9 Å². The molecule has 0 amide bonds. The van der Waals surface area contributed by atoms with Gasteiger partial charge in [-0.25, -0.2) is 0 Å². The molecule has 6 nitrogen and oxygen atoms in total. The molecule has 0 bridgehead atoms. The van der Waals surface area contributed by atoms with E-state index in [4.69, 9.17) is 4.74 Å². The first-order valence-electron chi connectivity index (χ1n) is 11.9. The van der Waals surface area contributed by atoms with Crippen molar-refractivity contribution in [1.82, 2.24) is 14.4 Å². The van der Waals surface area contributed by atoms with Crippen molar-refractivity contribution in [3.63, 3.8) is 0 Å². The number of ether oxygens (including phenoxy) is 1. The van der Waals surface area contributed by atoms with Gasteiger partial charge in [0.1, 0.15) is 5.75 Å². The lowest BCUT2D eigenvalue weighted by Crippen LogP contribution is -2.46. The summed E-state index contributed by atoms with van der Waals surface area (Å²) in [4.78, 5) is 20.4. The Bertz CT molecular complexity index is 1150.